The Hall–Kier alpha value is -1.63. The smallest absolute Gasteiger partial charge is 0.326 e. The second-order valence-corrected chi connectivity index (χ2v) is 5.75. The number of amides is 2. The largest absolute Gasteiger partial charge is 0.480 e. The SMILES string of the molecule is CCc1cnc(CNC(=O)NC(C(=O)O)C2CC2)s1. The van der Waals surface area contributed by atoms with Gasteiger partial charge in [-0.25, -0.2) is 14.6 Å². The van der Waals surface area contributed by atoms with Crippen LogP contribution in [0, 0.1) is 5.92 Å². The van der Waals surface area contributed by atoms with Gasteiger partial charge in [-0.1, -0.05) is 6.92 Å². The van der Waals surface area contributed by atoms with E-state index in [-0.39, 0.29) is 5.92 Å². The summed E-state index contributed by atoms with van der Waals surface area (Å²) in [6.07, 6.45) is 4.45. The Morgan fingerprint density at radius 1 is 1.58 bits per heavy atom. The number of rotatable bonds is 6. The molecule has 7 heteroatoms. The zero-order valence-electron chi connectivity index (χ0n) is 10.7. The first-order valence-electron chi connectivity index (χ1n) is 6.31. The van der Waals surface area contributed by atoms with Crippen LogP contribution in [0.3, 0.4) is 0 Å². The number of carbonyl (C=O) groups excluding carboxylic acids is 1. The third-order valence-electron chi connectivity index (χ3n) is 3.00. The average molecular weight is 283 g/mol. The van der Waals surface area contributed by atoms with Crippen LogP contribution in [0.25, 0.3) is 0 Å². The summed E-state index contributed by atoms with van der Waals surface area (Å²) >= 11 is 1.55. The quantitative estimate of drug-likeness (QED) is 0.735. The van der Waals surface area contributed by atoms with Crippen molar-refractivity contribution < 1.29 is 14.7 Å². The Bertz CT molecular complexity index is 471. The van der Waals surface area contributed by atoms with Crippen molar-refractivity contribution in [3.63, 3.8) is 0 Å². The number of carbonyl (C=O) groups is 2. The number of thiazole rings is 1. The van der Waals surface area contributed by atoms with Crippen molar-refractivity contribution >= 4 is 23.3 Å². The van der Waals surface area contributed by atoms with E-state index in [1.165, 1.54) is 4.88 Å². The summed E-state index contributed by atoms with van der Waals surface area (Å²) < 4.78 is 0. The molecule has 0 spiro atoms. The molecule has 0 radical (unpaired) electrons. The lowest BCUT2D eigenvalue weighted by molar-refractivity contribution is -0.139. The molecule has 2 amide bonds. The summed E-state index contributed by atoms with van der Waals surface area (Å²) in [5.74, 6) is -0.894. The normalized spacial score (nSPS) is 15.8. The van der Waals surface area contributed by atoms with Crippen LogP contribution in [0.2, 0.25) is 0 Å². The maximum atomic E-state index is 11.6. The summed E-state index contributed by atoms with van der Waals surface area (Å²) in [7, 11) is 0. The van der Waals surface area contributed by atoms with Crippen LogP contribution >= 0.6 is 11.3 Å². The van der Waals surface area contributed by atoms with Crippen LogP contribution < -0.4 is 10.6 Å². The van der Waals surface area contributed by atoms with Gasteiger partial charge in [-0.2, -0.15) is 0 Å². The number of aryl methyl sites for hydroxylation is 1. The van der Waals surface area contributed by atoms with Gasteiger partial charge >= 0.3 is 12.0 Å². The number of aromatic nitrogens is 1. The molecule has 2 rings (SSSR count). The third kappa shape index (κ3) is 3.92. The van der Waals surface area contributed by atoms with Gasteiger partial charge in [-0.3, -0.25) is 0 Å². The Kier molecular flexibility index (Phi) is 4.36. The minimum atomic E-state index is -0.972. The van der Waals surface area contributed by atoms with Crippen molar-refractivity contribution in [2.75, 3.05) is 0 Å². The minimum absolute atomic E-state index is 0.0785. The molecule has 1 aliphatic carbocycles. The topological polar surface area (TPSA) is 91.3 Å². The number of carboxylic acid groups (broad SMARTS) is 1. The summed E-state index contributed by atoms with van der Waals surface area (Å²) in [5.41, 5.74) is 0. The van der Waals surface area contributed by atoms with Crippen LogP contribution in [0.1, 0.15) is 29.7 Å². The highest BCUT2D eigenvalue weighted by atomic mass is 32.1. The van der Waals surface area contributed by atoms with Gasteiger partial charge in [0.05, 0.1) is 6.54 Å². The molecule has 1 aromatic rings. The van der Waals surface area contributed by atoms with E-state index < -0.39 is 18.0 Å². The fourth-order valence-corrected chi connectivity index (χ4v) is 2.55. The number of carboxylic acids is 1. The average Bonchev–Trinajstić information content (AvgIpc) is 3.11. The van der Waals surface area contributed by atoms with Gasteiger partial charge in [0, 0.05) is 11.1 Å². The van der Waals surface area contributed by atoms with E-state index in [2.05, 4.69) is 15.6 Å². The number of nitrogens with one attached hydrogen (secondary N) is 2. The van der Waals surface area contributed by atoms with Crippen LogP contribution in [0.15, 0.2) is 6.20 Å². The highest BCUT2D eigenvalue weighted by Crippen LogP contribution is 2.32. The Labute approximate surface area is 115 Å². The first-order valence-corrected chi connectivity index (χ1v) is 7.12. The van der Waals surface area contributed by atoms with Crippen LogP contribution in [0.5, 0.6) is 0 Å². The number of hydrogen-bond donors (Lipinski definition) is 3. The predicted molar refractivity (Wildman–Crippen MR) is 71.0 cm³/mol. The summed E-state index contributed by atoms with van der Waals surface area (Å²) in [4.78, 5) is 28.0. The molecule has 1 aromatic heterocycles. The number of hydrogen-bond acceptors (Lipinski definition) is 4. The van der Waals surface area contributed by atoms with Crippen LogP contribution in [-0.4, -0.2) is 28.1 Å². The Morgan fingerprint density at radius 3 is 2.84 bits per heavy atom. The van der Waals surface area contributed by atoms with E-state index in [1.807, 2.05) is 6.92 Å². The van der Waals surface area contributed by atoms with Crippen molar-refractivity contribution in [3.05, 3.63) is 16.1 Å². The monoisotopic (exact) mass is 283 g/mol. The number of aliphatic carboxylic acids is 1. The minimum Gasteiger partial charge on any atom is -0.480 e. The molecule has 1 unspecified atom stereocenters. The maximum absolute atomic E-state index is 11.6. The van der Waals surface area contributed by atoms with Gasteiger partial charge < -0.3 is 15.7 Å². The molecule has 0 aromatic carbocycles. The summed E-state index contributed by atoms with van der Waals surface area (Å²) in [6, 6.07) is -1.23. The van der Waals surface area contributed by atoms with Gasteiger partial charge in [0.25, 0.3) is 0 Å². The highest BCUT2D eigenvalue weighted by molar-refractivity contribution is 7.11. The molecule has 0 bridgehead atoms. The van der Waals surface area contributed by atoms with E-state index >= 15 is 0 Å². The molecule has 6 nitrogen and oxygen atoms in total. The zero-order valence-corrected chi connectivity index (χ0v) is 11.5. The molecule has 0 aliphatic heterocycles. The molecule has 1 fully saturated rings. The number of urea groups is 1. The first-order chi connectivity index (χ1) is 9.10. The van der Waals surface area contributed by atoms with Crippen molar-refractivity contribution in [2.24, 2.45) is 5.92 Å². The van der Waals surface area contributed by atoms with E-state index in [0.29, 0.717) is 6.54 Å². The maximum Gasteiger partial charge on any atom is 0.326 e. The molecular formula is C12H17N3O3S. The fourth-order valence-electron chi connectivity index (χ4n) is 1.75. The summed E-state index contributed by atoms with van der Waals surface area (Å²) in [6.45, 7) is 2.37. The zero-order chi connectivity index (χ0) is 13.8. The van der Waals surface area contributed by atoms with E-state index in [4.69, 9.17) is 5.11 Å². The van der Waals surface area contributed by atoms with E-state index in [9.17, 15) is 9.59 Å². The molecule has 19 heavy (non-hydrogen) atoms. The van der Waals surface area contributed by atoms with Gasteiger partial charge in [0.15, 0.2) is 0 Å². The Balaban J connectivity index is 1.78. The third-order valence-corrected chi connectivity index (χ3v) is 4.14. The molecule has 104 valence electrons. The Morgan fingerprint density at radius 2 is 2.32 bits per heavy atom. The van der Waals surface area contributed by atoms with Crippen molar-refractivity contribution in [1.29, 1.82) is 0 Å². The fraction of sp³-hybridized carbons (Fsp3) is 0.583. The molecule has 3 N–H and O–H groups in total. The van der Waals surface area contributed by atoms with Crippen molar-refractivity contribution in [1.82, 2.24) is 15.6 Å². The molecule has 1 saturated carbocycles. The van der Waals surface area contributed by atoms with E-state index in [1.54, 1.807) is 17.5 Å². The molecular weight excluding hydrogens is 266 g/mol. The van der Waals surface area contributed by atoms with Gasteiger partial charge in [0.1, 0.15) is 11.0 Å². The van der Waals surface area contributed by atoms with Crippen LogP contribution in [0.4, 0.5) is 4.79 Å². The number of nitrogens with zero attached hydrogens (tertiary/aromatic N) is 1. The van der Waals surface area contributed by atoms with Gasteiger partial charge in [0.2, 0.25) is 0 Å². The molecule has 1 atom stereocenters. The van der Waals surface area contributed by atoms with Gasteiger partial charge in [-0.15, -0.1) is 11.3 Å². The predicted octanol–water partition coefficient (Wildman–Crippen LogP) is 1.37. The standard InChI is InChI=1S/C12H17N3O3S/c1-2-8-5-13-9(19-8)6-14-12(18)15-10(11(16)17)7-3-4-7/h5,7,10H,2-4,6H2,1H3,(H,16,17)(H2,14,15,18). The lowest BCUT2D eigenvalue weighted by Crippen LogP contribution is -2.46. The molecule has 0 saturated heterocycles. The van der Waals surface area contributed by atoms with Crippen LogP contribution in [-0.2, 0) is 17.8 Å². The second-order valence-electron chi connectivity index (χ2n) is 4.55. The summed E-state index contributed by atoms with van der Waals surface area (Å²) in [5, 5.41) is 15.0. The van der Waals surface area contributed by atoms with Crippen molar-refractivity contribution in [3.8, 4) is 0 Å². The van der Waals surface area contributed by atoms with Gasteiger partial charge in [-0.05, 0) is 25.2 Å². The molecule has 1 aliphatic rings. The molecule has 1 heterocycles. The van der Waals surface area contributed by atoms with E-state index in [0.717, 1.165) is 24.3 Å². The van der Waals surface area contributed by atoms with Crippen molar-refractivity contribution in [2.45, 2.75) is 38.8 Å². The second kappa shape index (κ2) is 6.01. The lowest BCUT2D eigenvalue weighted by atomic mass is 10.2. The first kappa shape index (κ1) is 13.8. The lowest BCUT2D eigenvalue weighted by Gasteiger charge is -2.13. The highest BCUT2D eigenvalue weighted by Gasteiger charge is 2.37.